The van der Waals surface area contributed by atoms with E-state index in [4.69, 9.17) is 5.11 Å². The Balaban J connectivity index is 2.90. The number of carboxylic acids is 1. The highest BCUT2D eigenvalue weighted by Gasteiger charge is 2.15. The molecule has 0 aliphatic rings. The number of carbonyl (C=O) groups is 1. The van der Waals surface area contributed by atoms with Crippen molar-refractivity contribution in [3.8, 4) is 0 Å². The zero-order valence-electron chi connectivity index (χ0n) is 7.36. The van der Waals surface area contributed by atoms with Gasteiger partial charge in [-0.25, -0.2) is 9.78 Å². The Labute approximate surface area is 93.7 Å². The maximum atomic E-state index is 10.9. The Hall–Kier alpha value is -1.11. The maximum absolute atomic E-state index is 10.9. The smallest absolute Gasteiger partial charge is 0.354 e. The minimum absolute atomic E-state index is 0.235. The Morgan fingerprint density at radius 1 is 1.64 bits per heavy atom. The third kappa shape index (κ3) is 1.28. The number of aromatic nitrogens is 2. The van der Waals surface area contributed by atoms with Crippen molar-refractivity contribution in [1.82, 2.24) is 9.38 Å². The van der Waals surface area contributed by atoms with Gasteiger partial charge in [-0.15, -0.1) is 0 Å². The van der Waals surface area contributed by atoms with Crippen LogP contribution in [0.1, 0.15) is 16.2 Å². The van der Waals surface area contributed by atoms with E-state index >= 15 is 0 Å². The Morgan fingerprint density at radius 3 is 3.00 bits per heavy atom. The molecule has 0 radical (unpaired) electrons. The lowest BCUT2D eigenvalue weighted by Gasteiger charge is -1.97. The van der Waals surface area contributed by atoms with Crippen LogP contribution in [0, 0.1) is 10.5 Å². The van der Waals surface area contributed by atoms with Crippen LogP contribution >= 0.6 is 22.6 Å². The van der Waals surface area contributed by atoms with Crippen molar-refractivity contribution in [3.05, 3.63) is 33.3 Å². The molecule has 14 heavy (non-hydrogen) atoms. The minimum Gasteiger partial charge on any atom is -0.477 e. The summed E-state index contributed by atoms with van der Waals surface area (Å²) in [5.74, 6) is -0.947. The van der Waals surface area contributed by atoms with E-state index < -0.39 is 5.97 Å². The number of aryl methyl sites for hydroxylation is 1. The average molecular weight is 302 g/mol. The molecule has 4 nitrogen and oxygen atoms in total. The molecule has 1 N–H and O–H groups in total. The molecule has 0 unspecified atom stereocenters. The molecule has 2 aromatic heterocycles. The summed E-state index contributed by atoms with van der Waals surface area (Å²) < 4.78 is 2.54. The number of halogens is 1. The third-order valence-corrected chi connectivity index (χ3v) is 2.82. The number of fused-ring (bicyclic) bond motifs is 1. The molecule has 0 atom stereocenters. The van der Waals surface area contributed by atoms with E-state index in [0.29, 0.717) is 11.3 Å². The second-order valence-corrected chi connectivity index (χ2v) is 4.06. The van der Waals surface area contributed by atoms with Gasteiger partial charge in [0.05, 0.1) is 9.26 Å². The van der Waals surface area contributed by atoms with Gasteiger partial charge in [-0.05, 0) is 41.6 Å². The Bertz CT molecular complexity index is 519. The lowest BCUT2D eigenvalue weighted by atomic mass is 10.3. The van der Waals surface area contributed by atoms with Crippen LogP contribution in [0.5, 0.6) is 0 Å². The van der Waals surface area contributed by atoms with E-state index in [1.54, 1.807) is 17.5 Å². The first-order valence-corrected chi connectivity index (χ1v) is 5.05. The summed E-state index contributed by atoms with van der Waals surface area (Å²) >= 11 is 2.14. The number of hydrogen-bond donors (Lipinski definition) is 1. The highest BCUT2D eigenvalue weighted by molar-refractivity contribution is 14.1. The molecule has 72 valence electrons. The van der Waals surface area contributed by atoms with Crippen LogP contribution in [0.15, 0.2) is 18.3 Å². The Morgan fingerprint density at radius 2 is 2.36 bits per heavy atom. The number of hydrogen-bond acceptors (Lipinski definition) is 2. The van der Waals surface area contributed by atoms with Crippen LogP contribution in [-0.4, -0.2) is 20.5 Å². The molecular formula is C9H7IN2O2. The standard InChI is InChI=1S/C9H7IN2O2/c1-5-7(9(13)14)12-4-2-3-6(10)8(12)11-5/h2-4H,1H3,(H,13,14). The van der Waals surface area contributed by atoms with Crippen LogP contribution in [-0.2, 0) is 0 Å². The summed E-state index contributed by atoms with van der Waals surface area (Å²) in [6.07, 6.45) is 1.71. The number of pyridine rings is 1. The minimum atomic E-state index is -0.947. The normalized spacial score (nSPS) is 10.7. The molecule has 2 rings (SSSR count). The number of aromatic carboxylic acids is 1. The van der Waals surface area contributed by atoms with Crippen LogP contribution < -0.4 is 0 Å². The number of imidazole rings is 1. The van der Waals surface area contributed by atoms with Crippen LogP contribution in [0.25, 0.3) is 5.65 Å². The van der Waals surface area contributed by atoms with Gasteiger partial charge in [0.15, 0.2) is 11.3 Å². The number of rotatable bonds is 1. The molecule has 0 fully saturated rings. The average Bonchev–Trinajstić information content (AvgIpc) is 2.42. The molecule has 0 saturated carbocycles. The molecule has 0 amide bonds. The fourth-order valence-electron chi connectivity index (χ4n) is 1.41. The SMILES string of the molecule is Cc1nc2c(I)cccn2c1C(=O)O. The molecule has 2 aromatic rings. The van der Waals surface area contributed by atoms with Gasteiger partial charge in [0.1, 0.15) is 0 Å². The van der Waals surface area contributed by atoms with Gasteiger partial charge in [-0.2, -0.15) is 0 Å². The highest BCUT2D eigenvalue weighted by Crippen LogP contribution is 2.17. The molecule has 0 aliphatic carbocycles. The lowest BCUT2D eigenvalue weighted by molar-refractivity contribution is 0.0688. The molecular weight excluding hydrogens is 295 g/mol. The van der Waals surface area contributed by atoms with E-state index in [1.807, 2.05) is 12.1 Å². The van der Waals surface area contributed by atoms with Crippen molar-refractivity contribution < 1.29 is 9.90 Å². The third-order valence-electron chi connectivity index (χ3n) is 1.98. The first kappa shape index (κ1) is 9.45. The topological polar surface area (TPSA) is 54.6 Å². The lowest BCUT2D eigenvalue weighted by Crippen LogP contribution is -2.03. The van der Waals surface area contributed by atoms with E-state index in [0.717, 1.165) is 3.57 Å². The summed E-state index contributed by atoms with van der Waals surface area (Å²) in [4.78, 5) is 15.2. The van der Waals surface area contributed by atoms with Gasteiger partial charge in [0.25, 0.3) is 0 Å². The van der Waals surface area contributed by atoms with Crippen molar-refractivity contribution >= 4 is 34.2 Å². The first-order chi connectivity index (χ1) is 6.61. The van der Waals surface area contributed by atoms with Gasteiger partial charge in [0.2, 0.25) is 0 Å². The van der Waals surface area contributed by atoms with Crippen molar-refractivity contribution in [2.75, 3.05) is 0 Å². The van der Waals surface area contributed by atoms with Gasteiger partial charge < -0.3 is 5.11 Å². The number of carboxylic acid groups (broad SMARTS) is 1. The van der Waals surface area contributed by atoms with Gasteiger partial charge in [-0.1, -0.05) is 0 Å². The molecule has 0 aromatic carbocycles. The van der Waals surface area contributed by atoms with Crippen molar-refractivity contribution in [2.24, 2.45) is 0 Å². The molecule has 5 heteroatoms. The van der Waals surface area contributed by atoms with Gasteiger partial charge in [-0.3, -0.25) is 4.40 Å². The molecule has 0 bridgehead atoms. The van der Waals surface area contributed by atoms with E-state index in [2.05, 4.69) is 27.6 Å². The van der Waals surface area contributed by atoms with Crippen molar-refractivity contribution in [2.45, 2.75) is 6.92 Å². The van der Waals surface area contributed by atoms with E-state index in [1.165, 1.54) is 0 Å². The monoisotopic (exact) mass is 302 g/mol. The molecule has 0 spiro atoms. The highest BCUT2D eigenvalue weighted by atomic mass is 127. The predicted octanol–water partition coefficient (Wildman–Crippen LogP) is 1.95. The first-order valence-electron chi connectivity index (χ1n) is 3.97. The van der Waals surface area contributed by atoms with Crippen molar-refractivity contribution in [3.63, 3.8) is 0 Å². The van der Waals surface area contributed by atoms with Crippen LogP contribution in [0.4, 0.5) is 0 Å². The predicted molar refractivity (Wildman–Crippen MR) is 59.6 cm³/mol. The van der Waals surface area contributed by atoms with Crippen LogP contribution in [0.2, 0.25) is 0 Å². The second-order valence-electron chi connectivity index (χ2n) is 2.90. The zero-order valence-corrected chi connectivity index (χ0v) is 9.52. The number of nitrogens with zero attached hydrogens (tertiary/aromatic N) is 2. The zero-order chi connectivity index (χ0) is 10.3. The molecule has 0 saturated heterocycles. The van der Waals surface area contributed by atoms with E-state index in [-0.39, 0.29) is 5.69 Å². The fraction of sp³-hybridized carbons (Fsp3) is 0.111. The van der Waals surface area contributed by atoms with Gasteiger partial charge in [0, 0.05) is 6.20 Å². The summed E-state index contributed by atoms with van der Waals surface area (Å²) in [5.41, 5.74) is 1.48. The summed E-state index contributed by atoms with van der Waals surface area (Å²) in [6, 6.07) is 3.70. The molecule has 2 heterocycles. The van der Waals surface area contributed by atoms with Gasteiger partial charge >= 0.3 is 5.97 Å². The maximum Gasteiger partial charge on any atom is 0.354 e. The summed E-state index contributed by atoms with van der Waals surface area (Å²) in [6.45, 7) is 1.70. The fourth-order valence-corrected chi connectivity index (χ4v) is 1.99. The quantitative estimate of drug-likeness (QED) is 0.819. The Kier molecular flexibility index (Phi) is 2.18. The second kappa shape index (κ2) is 3.23. The summed E-state index contributed by atoms with van der Waals surface area (Å²) in [5, 5.41) is 8.98. The van der Waals surface area contributed by atoms with Crippen LogP contribution in [0.3, 0.4) is 0 Å². The van der Waals surface area contributed by atoms with E-state index in [9.17, 15) is 4.79 Å². The summed E-state index contributed by atoms with van der Waals surface area (Å²) in [7, 11) is 0. The van der Waals surface area contributed by atoms with Crippen molar-refractivity contribution in [1.29, 1.82) is 0 Å². The molecule has 0 aliphatic heterocycles. The largest absolute Gasteiger partial charge is 0.477 e.